The molecule has 4 rings (SSSR count). The number of nitrogens with zero attached hydrogens (tertiary/aromatic N) is 2. The molecule has 2 aromatic carbocycles. The van der Waals surface area contributed by atoms with Crippen molar-refractivity contribution in [2.24, 2.45) is 5.16 Å². The highest BCUT2D eigenvalue weighted by Crippen LogP contribution is 2.21. The average Bonchev–Trinajstić information content (AvgIpc) is 3.12. The molecule has 1 amide bonds. The van der Waals surface area contributed by atoms with E-state index in [1.807, 2.05) is 24.3 Å². The van der Waals surface area contributed by atoms with Crippen molar-refractivity contribution in [3.05, 3.63) is 72.2 Å². The number of hydrogen-bond donors (Lipinski definition) is 1. The lowest BCUT2D eigenvalue weighted by atomic mass is 10.0. The summed E-state index contributed by atoms with van der Waals surface area (Å²) < 4.78 is 13.3. The Morgan fingerprint density at radius 1 is 1.16 bits per heavy atom. The van der Waals surface area contributed by atoms with E-state index in [1.165, 1.54) is 12.1 Å². The van der Waals surface area contributed by atoms with Crippen LogP contribution < -0.4 is 5.32 Å². The largest absolute Gasteiger partial charge is 0.382 e. The Morgan fingerprint density at radius 2 is 2.08 bits per heavy atom. The minimum absolute atomic E-state index is 0.293. The van der Waals surface area contributed by atoms with Gasteiger partial charge in [-0.05, 0) is 36.4 Å². The van der Waals surface area contributed by atoms with Gasteiger partial charge in [0, 0.05) is 29.3 Å². The van der Waals surface area contributed by atoms with Gasteiger partial charge in [0.15, 0.2) is 0 Å². The molecule has 1 aliphatic rings. The van der Waals surface area contributed by atoms with Crippen LogP contribution >= 0.6 is 0 Å². The Morgan fingerprint density at radius 3 is 2.96 bits per heavy atom. The van der Waals surface area contributed by atoms with Gasteiger partial charge in [-0.25, -0.2) is 4.39 Å². The van der Waals surface area contributed by atoms with Crippen LogP contribution in [0.3, 0.4) is 0 Å². The van der Waals surface area contributed by atoms with Crippen LogP contribution in [0.2, 0.25) is 0 Å². The van der Waals surface area contributed by atoms with Gasteiger partial charge >= 0.3 is 0 Å². The molecule has 0 saturated carbocycles. The highest BCUT2D eigenvalue weighted by molar-refractivity contribution is 6.06. The lowest BCUT2D eigenvalue weighted by Gasteiger charge is -2.10. The molecule has 0 fully saturated rings. The summed E-state index contributed by atoms with van der Waals surface area (Å²) in [4.78, 5) is 21.9. The van der Waals surface area contributed by atoms with Crippen LogP contribution in [-0.2, 0) is 9.63 Å². The van der Waals surface area contributed by atoms with E-state index in [4.69, 9.17) is 4.84 Å². The number of amides is 1. The Labute approximate surface area is 143 Å². The Bertz CT molecular complexity index is 987. The van der Waals surface area contributed by atoms with Gasteiger partial charge in [0.05, 0.1) is 11.2 Å². The summed E-state index contributed by atoms with van der Waals surface area (Å²) >= 11 is 0. The van der Waals surface area contributed by atoms with Crippen LogP contribution in [0.1, 0.15) is 12.0 Å². The van der Waals surface area contributed by atoms with Gasteiger partial charge in [0.2, 0.25) is 6.10 Å². The Kier molecular flexibility index (Phi) is 3.85. The molecule has 0 radical (unpaired) electrons. The van der Waals surface area contributed by atoms with E-state index < -0.39 is 6.10 Å². The molecule has 2 heterocycles. The third-order valence-corrected chi connectivity index (χ3v) is 3.99. The van der Waals surface area contributed by atoms with Gasteiger partial charge in [0.1, 0.15) is 5.82 Å². The normalized spacial score (nSPS) is 16.4. The molecule has 0 unspecified atom stereocenters. The molecule has 1 aliphatic heterocycles. The van der Waals surface area contributed by atoms with Crippen molar-refractivity contribution in [3.8, 4) is 0 Å². The van der Waals surface area contributed by atoms with E-state index in [1.54, 1.807) is 24.4 Å². The zero-order chi connectivity index (χ0) is 17.2. The van der Waals surface area contributed by atoms with Crippen molar-refractivity contribution in [2.75, 3.05) is 5.32 Å². The number of nitrogens with one attached hydrogen (secondary N) is 1. The molecule has 0 saturated heterocycles. The van der Waals surface area contributed by atoms with Crippen LogP contribution in [0.4, 0.5) is 10.1 Å². The van der Waals surface area contributed by atoms with Crippen LogP contribution in [0.5, 0.6) is 0 Å². The molecular formula is C19H14FN3O2. The first-order valence-electron chi connectivity index (χ1n) is 7.83. The number of pyridine rings is 1. The van der Waals surface area contributed by atoms with Crippen molar-refractivity contribution >= 4 is 28.2 Å². The second-order valence-corrected chi connectivity index (χ2v) is 5.75. The smallest absolute Gasteiger partial charge is 0.268 e. The fourth-order valence-corrected chi connectivity index (χ4v) is 2.73. The maximum Gasteiger partial charge on any atom is 0.268 e. The molecule has 0 aliphatic carbocycles. The fraction of sp³-hybridized carbons (Fsp3) is 0.105. The maximum atomic E-state index is 13.3. The lowest BCUT2D eigenvalue weighted by molar-refractivity contribution is -0.125. The number of anilines is 1. The number of rotatable bonds is 3. The summed E-state index contributed by atoms with van der Waals surface area (Å²) in [7, 11) is 0. The zero-order valence-electron chi connectivity index (χ0n) is 13.1. The van der Waals surface area contributed by atoms with E-state index in [9.17, 15) is 9.18 Å². The number of benzene rings is 2. The number of carbonyl (C=O) groups excluding carboxylic acids is 1. The summed E-state index contributed by atoms with van der Waals surface area (Å²) in [6.07, 6.45) is 1.28. The average molecular weight is 335 g/mol. The third kappa shape index (κ3) is 3.19. The molecule has 124 valence electrons. The maximum absolute atomic E-state index is 13.3. The summed E-state index contributed by atoms with van der Waals surface area (Å²) in [6.45, 7) is 0. The van der Waals surface area contributed by atoms with Crippen LogP contribution in [0.25, 0.3) is 10.9 Å². The summed E-state index contributed by atoms with van der Waals surface area (Å²) in [5.74, 6) is -0.642. The Hall–Kier alpha value is -3.28. The highest BCUT2D eigenvalue weighted by Gasteiger charge is 2.29. The monoisotopic (exact) mass is 335 g/mol. The van der Waals surface area contributed by atoms with E-state index in [0.29, 0.717) is 23.4 Å². The Balaban J connectivity index is 1.45. The third-order valence-electron chi connectivity index (χ3n) is 3.99. The van der Waals surface area contributed by atoms with E-state index in [0.717, 1.165) is 10.9 Å². The minimum atomic E-state index is -0.733. The van der Waals surface area contributed by atoms with E-state index in [-0.39, 0.29) is 11.7 Å². The topological polar surface area (TPSA) is 63.6 Å². The van der Waals surface area contributed by atoms with Gasteiger partial charge in [-0.15, -0.1) is 0 Å². The highest BCUT2D eigenvalue weighted by atomic mass is 19.1. The van der Waals surface area contributed by atoms with Crippen molar-refractivity contribution in [2.45, 2.75) is 12.5 Å². The quantitative estimate of drug-likeness (QED) is 0.797. The van der Waals surface area contributed by atoms with Crippen molar-refractivity contribution in [1.82, 2.24) is 4.98 Å². The molecule has 3 aromatic rings. The number of oxime groups is 1. The number of halogens is 1. The number of aromatic nitrogens is 1. The second-order valence-electron chi connectivity index (χ2n) is 5.75. The van der Waals surface area contributed by atoms with Crippen LogP contribution in [0.15, 0.2) is 65.9 Å². The predicted molar refractivity (Wildman–Crippen MR) is 92.8 cm³/mol. The molecule has 6 heteroatoms. The fourth-order valence-electron chi connectivity index (χ4n) is 2.73. The van der Waals surface area contributed by atoms with Crippen molar-refractivity contribution in [1.29, 1.82) is 0 Å². The molecule has 1 N–H and O–H groups in total. The molecule has 1 aromatic heterocycles. The first-order valence-corrected chi connectivity index (χ1v) is 7.83. The van der Waals surface area contributed by atoms with Crippen molar-refractivity contribution in [3.63, 3.8) is 0 Å². The van der Waals surface area contributed by atoms with Gasteiger partial charge < -0.3 is 10.2 Å². The standard InChI is InChI=1S/C19H14FN3O2/c20-14-5-1-3-12(9-14)17-11-18(25-23-17)19(24)22-15-6-7-16-13(10-15)4-2-8-21-16/h1-10,18H,11H2,(H,22,24)/t18-/m0/s1. The molecule has 25 heavy (non-hydrogen) atoms. The van der Waals surface area contributed by atoms with Gasteiger partial charge in [0.25, 0.3) is 5.91 Å². The molecule has 0 spiro atoms. The summed E-state index contributed by atoms with van der Waals surface area (Å²) in [5.41, 5.74) is 2.69. The first kappa shape index (κ1) is 15.3. The predicted octanol–water partition coefficient (Wildman–Crippen LogP) is 3.51. The van der Waals surface area contributed by atoms with E-state index >= 15 is 0 Å². The van der Waals surface area contributed by atoms with Crippen LogP contribution in [0, 0.1) is 5.82 Å². The molecule has 5 nitrogen and oxygen atoms in total. The molecular weight excluding hydrogens is 321 g/mol. The van der Waals surface area contributed by atoms with Gasteiger partial charge in [-0.3, -0.25) is 9.78 Å². The zero-order valence-corrected chi connectivity index (χ0v) is 13.1. The lowest BCUT2D eigenvalue weighted by Crippen LogP contribution is -2.28. The summed E-state index contributed by atoms with van der Waals surface area (Å²) in [5, 5.41) is 7.68. The number of hydrogen-bond acceptors (Lipinski definition) is 4. The minimum Gasteiger partial charge on any atom is -0.382 e. The van der Waals surface area contributed by atoms with Gasteiger partial charge in [-0.1, -0.05) is 23.4 Å². The SMILES string of the molecule is O=C(Nc1ccc2ncccc2c1)[C@@H]1CC(c2cccc(F)c2)=NO1. The first-order chi connectivity index (χ1) is 12.2. The van der Waals surface area contributed by atoms with E-state index in [2.05, 4.69) is 15.5 Å². The molecule has 1 atom stereocenters. The molecule has 0 bridgehead atoms. The van der Waals surface area contributed by atoms with Crippen molar-refractivity contribution < 1.29 is 14.0 Å². The van der Waals surface area contributed by atoms with Crippen LogP contribution in [-0.4, -0.2) is 22.7 Å². The second kappa shape index (κ2) is 6.32. The number of carbonyl (C=O) groups is 1. The van der Waals surface area contributed by atoms with Gasteiger partial charge in [-0.2, -0.15) is 0 Å². The number of fused-ring (bicyclic) bond motifs is 1. The summed E-state index contributed by atoms with van der Waals surface area (Å²) in [6, 6.07) is 15.3.